The standard InChI is InChI=1S/C68H54N4/c1-67(2,56-12-8-6-9-13-56)58-28-40-64(41-29-58)71(62-36-21-51(48-69)22-37-62)63-38-26-52(27-39-63)54-25-24-53-46-50(18-23-55(53)47-54)17-16-49-19-34-61(35-20-49)72(66-44-32-60(70-5)33-45-66)65-42-30-59(31-43-65)68(3,4)57-14-10-7-11-15-57/h6-47H,1-4H3/b17-16+. The molecular formula is C68H54N4. The zero-order valence-corrected chi connectivity index (χ0v) is 41.0. The van der Waals surface area contributed by atoms with Gasteiger partial charge in [-0.15, -0.1) is 0 Å². The van der Waals surface area contributed by atoms with Gasteiger partial charge in [-0.3, -0.25) is 0 Å². The van der Waals surface area contributed by atoms with Gasteiger partial charge >= 0.3 is 0 Å². The highest BCUT2D eigenvalue weighted by Gasteiger charge is 2.25. The van der Waals surface area contributed by atoms with Crippen LogP contribution in [-0.4, -0.2) is 0 Å². The molecule has 346 valence electrons. The molecule has 0 saturated heterocycles. The highest BCUT2D eigenvalue weighted by atomic mass is 15.1. The monoisotopic (exact) mass is 926 g/mol. The molecule has 4 heteroatoms. The number of anilines is 6. The van der Waals surface area contributed by atoms with Gasteiger partial charge in [0, 0.05) is 45.0 Å². The fourth-order valence-electron chi connectivity index (χ4n) is 9.63. The Labute approximate surface area is 424 Å². The maximum atomic E-state index is 9.54. The molecule has 0 amide bonds. The largest absolute Gasteiger partial charge is 0.311 e. The van der Waals surface area contributed by atoms with E-state index in [2.05, 4.69) is 255 Å². The van der Waals surface area contributed by atoms with Gasteiger partial charge < -0.3 is 9.80 Å². The van der Waals surface area contributed by atoms with Gasteiger partial charge in [0.05, 0.1) is 18.2 Å². The molecule has 0 spiro atoms. The van der Waals surface area contributed by atoms with Crippen LogP contribution in [0.3, 0.4) is 0 Å². The summed E-state index contributed by atoms with van der Waals surface area (Å²) in [5.41, 5.74) is 16.6. The van der Waals surface area contributed by atoms with Gasteiger partial charge in [0.2, 0.25) is 0 Å². The number of hydrogen-bond donors (Lipinski definition) is 0. The van der Waals surface area contributed by atoms with E-state index in [9.17, 15) is 5.26 Å². The highest BCUT2D eigenvalue weighted by molar-refractivity contribution is 5.90. The molecule has 0 atom stereocenters. The van der Waals surface area contributed by atoms with Crippen molar-refractivity contribution < 1.29 is 0 Å². The van der Waals surface area contributed by atoms with Gasteiger partial charge in [-0.05, 0) is 152 Å². The van der Waals surface area contributed by atoms with Crippen LogP contribution in [0.2, 0.25) is 0 Å². The second-order valence-electron chi connectivity index (χ2n) is 19.3. The smallest absolute Gasteiger partial charge is 0.187 e. The van der Waals surface area contributed by atoms with Crippen molar-refractivity contribution in [2.24, 2.45) is 0 Å². The summed E-state index contributed by atoms with van der Waals surface area (Å²) >= 11 is 0. The van der Waals surface area contributed by atoms with Crippen LogP contribution in [-0.2, 0) is 10.8 Å². The Bertz CT molecular complexity index is 3580. The second kappa shape index (κ2) is 20.0. The lowest BCUT2D eigenvalue weighted by molar-refractivity contribution is 0.641. The Hall–Kier alpha value is -9.22. The van der Waals surface area contributed by atoms with E-state index in [4.69, 9.17) is 6.57 Å². The molecule has 0 aliphatic rings. The van der Waals surface area contributed by atoms with Crippen molar-refractivity contribution in [3.8, 4) is 17.2 Å². The summed E-state index contributed by atoms with van der Waals surface area (Å²) in [5.74, 6) is 0. The van der Waals surface area contributed by atoms with Gasteiger partial charge in [0.25, 0.3) is 0 Å². The molecule has 72 heavy (non-hydrogen) atoms. The maximum Gasteiger partial charge on any atom is 0.187 e. The predicted octanol–water partition coefficient (Wildman–Crippen LogP) is 18.7. The number of nitriles is 1. The van der Waals surface area contributed by atoms with Crippen molar-refractivity contribution in [1.82, 2.24) is 0 Å². The Morgan fingerprint density at radius 3 is 1.22 bits per heavy atom. The quantitative estimate of drug-likeness (QED) is 0.0853. The summed E-state index contributed by atoms with van der Waals surface area (Å²) in [6.07, 6.45) is 4.34. The van der Waals surface area contributed by atoms with E-state index in [1.165, 1.54) is 33.0 Å². The molecule has 0 bridgehead atoms. The van der Waals surface area contributed by atoms with Gasteiger partial charge in [0.1, 0.15) is 0 Å². The molecule has 10 aromatic rings. The molecule has 0 aromatic heterocycles. The number of benzene rings is 10. The van der Waals surface area contributed by atoms with Crippen LogP contribution < -0.4 is 9.80 Å². The van der Waals surface area contributed by atoms with E-state index in [0.29, 0.717) is 11.3 Å². The minimum Gasteiger partial charge on any atom is -0.311 e. The molecular weight excluding hydrogens is 873 g/mol. The summed E-state index contributed by atoms with van der Waals surface area (Å²) in [4.78, 5) is 8.12. The van der Waals surface area contributed by atoms with Crippen molar-refractivity contribution in [2.45, 2.75) is 38.5 Å². The lowest BCUT2D eigenvalue weighted by Crippen LogP contribution is -2.19. The lowest BCUT2D eigenvalue weighted by atomic mass is 9.78. The first kappa shape index (κ1) is 46.5. The van der Waals surface area contributed by atoms with E-state index < -0.39 is 0 Å². The zero-order valence-electron chi connectivity index (χ0n) is 41.0. The maximum absolute atomic E-state index is 9.54. The molecule has 0 unspecified atom stereocenters. The van der Waals surface area contributed by atoms with E-state index in [-0.39, 0.29) is 10.8 Å². The van der Waals surface area contributed by atoms with Crippen LogP contribution in [0.1, 0.15) is 66.6 Å². The van der Waals surface area contributed by atoms with E-state index >= 15 is 0 Å². The third-order valence-electron chi connectivity index (χ3n) is 14.1. The fourth-order valence-corrected chi connectivity index (χ4v) is 9.63. The third kappa shape index (κ3) is 9.68. The summed E-state index contributed by atoms with van der Waals surface area (Å²) in [6.45, 7) is 16.6. The van der Waals surface area contributed by atoms with Gasteiger partial charge in [-0.2, -0.15) is 5.26 Å². The molecule has 10 rings (SSSR count). The highest BCUT2D eigenvalue weighted by Crippen LogP contribution is 2.41. The minimum absolute atomic E-state index is 0.145. The SMILES string of the molecule is [C-]#[N+]c1ccc(N(c2ccc(/C=C/c3ccc4cc(-c5ccc(N(c6ccc(C#N)cc6)c6ccc(C(C)(C)c7ccccc7)cc6)cc5)ccc4c3)cc2)c2ccc(C(C)(C)c3ccccc3)cc2)cc1. The molecule has 0 aliphatic heterocycles. The fraction of sp³-hybridized carbons (Fsp3) is 0.0882. The molecule has 0 fully saturated rings. The molecule has 0 heterocycles. The Morgan fingerprint density at radius 2 is 0.750 bits per heavy atom. The number of nitrogens with zero attached hydrogens (tertiary/aromatic N) is 4. The van der Waals surface area contributed by atoms with Crippen LogP contribution in [0.4, 0.5) is 39.8 Å². The normalized spacial score (nSPS) is 11.5. The minimum atomic E-state index is -0.149. The van der Waals surface area contributed by atoms with Gasteiger partial charge in [-0.25, -0.2) is 4.85 Å². The molecule has 0 aliphatic carbocycles. The average molecular weight is 927 g/mol. The van der Waals surface area contributed by atoms with Crippen molar-refractivity contribution in [1.29, 1.82) is 5.26 Å². The molecule has 10 aromatic carbocycles. The van der Waals surface area contributed by atoms with Crippen LogP contribution in [0.15, 0.2) is 243 Å². The van der Waals surface area contributed by atoms with Crippen molar-refractivity contribution in [2.75, 3.05) is 9.80 Å². The van der Waals surface area contributed by atoms with Crippen LogP contribution in [0.5, 0.6) is 0 Å². The van der Waals surface area contributed by atoms with E-state index in [1.54, 1.807) is 0 Å². The molecule has 0 N–H and O–H groups in total. The van der Waals surface area contributed by atoms with Crippen molar-refractivity contribution in [3.05, 3.63) is 293 Å². The Kier molecular flexibility index (Phi) is 12.9. The van der Waals surface area contributed by atoms with Crippen LogP contribution in [0.25, 0.3) is 38.9 Å². The van der Waals surface area contributed by atoms with Gasteiger partial charge in [-0.1, -0.05) is 185 Å². The first-order valence-electron chi connectivity index (χ1n) is 24.4. The van der Waals surface area contributed by atoms with E-state index in [0.717, 1.165) is 56.4 Å². The second-order valence-corrected chi connectivity index (χ2v) is 19.3. The van der Waals surface area contributed by atoms with Crippen molar-refractivity contribution >= 4 is 62.7 Å². The first-order valence-corrected chi connectivity index (χ1v) is 24.4. The Balaban J connectivity index is 0.863. The topological polar surface area (TPSA) is 34.6 Å². The average Bonchev–Trinajstić information content (AvgIpc) is 3.44. The van der Waals surface area contributed by atoms with Crippen molar-refractivity contribution in [3.63, 3.8) is 0 Å². The van der Waals surface area contributed by atoms with E-state index in [1.807, 2.05) is 48.5 Å². The summed E-state index contributed by atoms with van der Waals surface area (Å²) in [6, 6.07) is 87.5. The Morgan fingerprint density at radius 1 is 0.389 bits per heavy atom. The predicted molar refractivity (Wildman–Crippen MR) is 302 cm³/mol. The van der Waals surface area contributed by atoms with Gasteiger partial charge in [0.15, 0.2) is 5.69 Å². The number of hydrogen-bond acceptors (Lipinski definition) is 3. The summed E-state index contributed by atoms with van der Waals surface area (Å²) < 4.78 is 0. The first-order chi connectivity index (χ1) is 35.1. The summed E-state index contributed by atoms with van der Waals surface area (Å²) in [5, 5.41) is 11.9. The van der Waals surface area contributed by atoms with Crippen LogP contribution in [0, 0.1) is 17.9 Å². The molecule has 4 nitrogen and oxygen atoms in total. The molecule has 0 saturated carbocycles. The number of fused-ring (bicyclic) bond motifs is 1. The third-order valence-corrected chi connectivity index (χ3v) is 14.1. The molecule has 0 radical (unpaired) electrons. The summed E-state index contributed by atoms with van der Waals surface area (Å²) in [7, 11) is 0. The lowest BCUT2D eigenvalue weighted by Gasteiger charge is -2.29. The zero-order chi connectivity index (χ0) is 49.7. The number of rotatable bonds is 13. The van der Waals surface area contributed by atoms with Crippen LogP contribution >= 0.6 is 0 Å².